The molecule has 0 atom stereocenters. The number of rotatable bonds is 7. The maximum atomic E-state index is 12.8. The highest BCUT2D eigenvalue weighted by atomic mass is 32.2. The van der Waals surface area contributed by atoms with Crippen LogP contribution < -0.4 is 4.31 Å². The van der Waals surface area contributed by atoms with Crippen LogP contribution >= 0.6 is 0 Å². The summed E-state index contributed by atoms with van der Waals surface area (Å²) < 4.78 is 36.8. The predicted octanol–water partition coefficient (Wildman–Crippen LogP) is 4.10. The lowest BCUT2D eigenvalue weighted by Crippen LogP contribution is -2.42. The van der Waals surface area contributed by atoms with Crippen molar-refractivity contribution in [1.82, 2.24) is 9.55 Å². The first-order valence-corrected chi connectivity index (χ1v) is 11.9. The lowest BCUT2D eigenvalue weighted by molar-refractivity contribution is 0.0537. The molecule has 10 heteroatoms. The number of anilines is 1. The number of unbranched alkanes of at least 4 members (excludes halogenated alkanes) is 3. The highest BCUT2D eigenvalue weighted by Gasteiger charge is 2.36. The fraction of sp³-hybridized carbons (Fsp3) is 0.667. The number of aryl methyl sites for hydroxylation is 1. The maximum Gasteiger partial charge on any atom is 0.431 e. The first-order chi connectivity index (χ1) is 14.0. The van der Waals surface area contributed by atoms with E-state index in [-0.39, 0.29) is 0 Å². The molecule has 0 N–H and O–H groups in total. The summed E-state index contributed by atoms with van der Waals surface area (Å²) in [6, 6.07) is 0. The smallest absolute Gasteiger partial charge is 0.431 e. The largest absolute Gasteiger partial charge is 0.443 e. The van der Waals surface area contributed by atoms with Crippen molar-refractivity contribution in [3.63, 3.8) is 0 Å². The van der Waals surface area contributed by atoms with E-state index in [1.165, 1.54) is 6.20 Å². The molecule has 0 saturated heterocycles. The van der Waals surface area contributed by atoms with E-state index in [0.717, 1.165) is 30.1 Å². The Bertz CT molecular complexity index is 930. The quantitative estimate of drug-likeness (QED) is 0.450. The number of terminal acetylenes is 1. The average molecular weight is 456 g/mol. The van der Waals surface area contributed by atoms with Crippen molar-refractivity contribution in [2.24, 2.45) is 0 Å². The molecule has 0 saturated carbocycles. The Morgan fingerprint density at radius 2 is 1.68 bits per heavy atom. The molecule has 31 heavy (non-hydrogen) atoms. The third-order valence-corrected chi connectivity index (χ3v) is 4.63. The number of carbonyl (C=O) groups is 2. The van der Waals surface area contributed by atoms with Crippen LogP contribution in [0.4, 0.5) is 15.5 Å². The van der Waals surface area contributed by atoms with Gasteiger partial charge in [-0.15, -0.1) is 16.6 Å². The molecule has 1 amide bonds. The van der Waals surface area contributed by atoms with Gasteiger partial charge < -0.3 is 9.47 Å². The summed E-state index contributed by atoms with van der Waals surface area (Å²) in [5, 5.41) is 0. The van der Waals surface area contributed by atoms with Crippen molar-refractivity contribution in [1.29, 1.82) is 0 Å². The Kier molecular flexibility index (Phi) is 8.70. The van der Waals surface area contributed by atoms with Gasteiger partial charge in [-0.3, -0.25) is 0 Å². The Morgan fingerprint density at radius 3 is 2.16 bits per heavy atom. The van der Waals surface area contributed by atoms with Gasteiger partial charge in [0, 0.05) is 12.6 Å². The first-order valence-electron chi connectivity index (χ1n) is 10.0. The Hall–Kier alpha value is -2.54. The van der Waals surface area contributed by atoms with Crippen LogP contribution in [-0.2, 0) is 25.9 Å². The van der Waals surface area contributed by atoms with Gasteiger partial charge in [-0.05, 0) is 60.8 Å². The third kappa shape index (κ3) is 9.00. The van der Waals surface area contributed by atoms with E-state index in [2.05, 4.69) is 10.9 Å². The number of ether oxygens (including phenoxy) is 2. The molecule has 0 bridgehead atoms. The fourth-order valence-corrected chi connectivity index (χ4v) is 3.24. The summed E-state index contributed by atoms with van der Waals surface area (Å²) in [7, 11) is -4.16. The monoisotopic (exact) mass is 455 g/mol. The summed E-state index contributed by atoms with van der Waals surface area (Å²) in [4.78, 5) is 29.7. The second kappa shape index (κ2) is 10.2. The average Bonchev–Trinajstić information content (AvgIpc) is 2.93. The van der Waals surface area contributed by atoms with Crippen molar-refractivity contribution < 1.29 is 27.5 Å². The number of sulfonamides is 1. The topological polar surface area (TPSA) is 108 Å². The van der Waals surface area contributed by atoms with Gasteiger partial charge in [0.2, 0.25) is 16.0 Å². The summed E-state index contributed by atoms with van der Waals surface area (Å²) in [5.41, 5.74) is -1.35. The summed E-state index contributed by atoms with van der Waals surface area (Å²) in [6.45, 7) is 9.84. The van der Waals surface area contributed by atoms with E-state index in [1.807, 2.05) is 0 Å². The second-order valence-corrected chi connectivity index (χ2v) is 11.0. The molecule has 1 heterocycles. The van der Waals surface area contributed by atoms with E-state index in [1.54, 1.807) is 41.5 Å². The van der Waals surface area contributed by atoms with Gasteiger partial charge in [-0.2, -0.15) is 0 Å². The molecule has 0 aromatic carbocycles. The molecule has 0 aliphatic carbocycles. The van der Waals surface area contributed by atoms with Gasteiger partial charge >= 0.3 is 12.2 Å². The Morgan fingerprint density at radius 1 is 1.10 bits per heavy atom. The fourth-order valence-electron chi connectivity index (χ4n) is 2.51. The zero-order valence-corrected chi connectivity index (χ0v) is 20.2. The first kappa shape index (κ1) is 26.5. The number of hydrogen-bond donors (Lipinski definition) is 0. The molecule has 1 aromatic heterocycles. The zero-order chi connectivity index (χ0) is 24.0. The van der Waals surface area contributed by atoms with E-state index < -0.39 is 39.4 Å². The van der Waals surface area contributed by atoms with Crippen molar-refractivity contribution in [2.45, 2.75) is 84.8 Å². The summed E-state index contributed by atoms with van der Waals surface area (Å²) in [6.07, 6.45) is 9.02. The van der Waals surface area contributed by atoms with Crippen LogP contribution in [0.25, 0.3) is 0 Å². The highest BCUT2D eigenvalue weighted by molar-refractivity contribution is 7.92. The van der Waals surface area contributed by atoms with Gasteiger partial charge in [-0.1, -0.05) is 6.42 Å². The highest BCUT2D eigenvalue weighted by Crippen LogP contribution is 2.24. The van der Waals surface area contributed by atoms with E-state index in [4.69, 9.17) is 15.9 Å². The molecule has 0 aliphatic rings. The molecule has 1 rings (SSSR count). The standard InChI is InChI=1S/C21H33N3O6S/c1-9-10-11-12-13-14-16-15-23(18(25)29-20(2,3)4)17(22-16)24(31(8,27)28)19(26)30-21(5,6)7/h1,15H,10-14H2,2-8H3. The normalized spacial score (nSPS) is 12.2. The van der Waals surface area contributed by atoms with Crippen LogP contribution in [0.5, 0.6) is 0 Å². The predicted molar refractivity (Wildman–Crippen MR) is 118 cm³/mol. The minimum atomic E-state index is -4.16. The van der Waals surface area contributed by atoms with Crippen LogP contribution in [0.2, 0.25) is 0 Å². The number of aromatic nitrogens is 2. The summed E-state index contributed by atoms with van der Waals surface area (Å²) >= 11 is 0. The zero-order valence-electron chi connectivity index (χ0n) is 19.4. The van der Waals surface area contributed by atoms with Crippen molar-refractivity contribution in [3.05, 3.63) is 11.9 Å². The molecule has 0 spiro atoms. The number of hydrogen-bond acceptors (Lipinski definition) is 7. The van der Waals surface area contributed by atoms with Gasteiger partial charge in [0.1, 0.15) is 11.2 Å². The Balaban J connectivity index is 3.38. The molecular weight excluding hydrogens is 422 g/mol. The van der Waals surface area contributed by atoms with Gasteiger partial charge in [0.25, 0.3) is 0 Å². The van der Waals surface area contributed by atoms with Crippen LogP contribution in [0.15, 0.2) is 6.20 Å². The molecule has 9 nitrogen and oxygen atoms in total. The SMILES string of the molecule is C#CCCCCCc1cn(C(=O)OC(C)(C)C)c(N(C(=O)OC(C)(C)C)S(C)(=O)=O)n1. The van der Waals surface area contributed by atoms with E-state index >= 15 is 0 Å². The van der Waals surface area contributed by atoms with Crippen LogP contribution in [0, 0.1) is 12.3 Å². The van der Waals surface area contributed by atoms with Crippen LogP contribution in [0.1, 0.15) is 72.9 Å². The van der Waals surface area contributed by atoms with Crippen LogP contribution in [0.3, 0.4) is 0 Å². The number of nitrogens with zero attached hydrogens (tertiary/aromatic N) is 3. The molecule has 0 aliphatic heterocycles. The molecule has 174 valence electrons. The minimum absolute atomic E-state index is 0.379. The second-order valence-electron chi connectivity index (χ2n) is 9.16. The molecule has 1 aromatic rings. The Labute approximate surface area is 185 Å². The van der Waals surface area contributed by atoms with Gasteiger partial charge in [-0.25, -0.2) is 27.6 Å². The number of imidazole rings is 1. The van der Waals surface area contributed by atoms with Crippen molar-refractivity contribution >= 4 is 28.2 Å². The molecule has 0 fully saturated rings. The molecule has 0 radical (unpaired) electrons. The minimum Gasteiger partial charge on any atom is -0.443 e. The van der Waals surface area contributed by atoms with Gasteiger partial charge in [0.05, 0.1) is 11.9 Å². The lowest BCUT2D eigenvalue weighted by atomic mass is 10.1. The maximum absolute atomic E-state index is 12.8. The van der Waals surface area contributed by atoms with Crippen molar-refractivity contribution in [2.75, 3.05) is 10.6 Å². The van der Waals surface area contributed by atoms with Gasteiger partial charge in [0.15, 0.2) is 0 Å². The summed E-state index contributed by atoms with van der Waals surface area (Å²) in [5.74, 6) is 2.17. The molecule has 0 unspecified atom stereocenters. The van der Waals surface area contributed by atoms with Crippen molar-refractivity contribution in [3.8, 4) is 12.3 Å². The van der Waals surface area contributed by atoms with Crippen LogP contribution in [-0.4, -0.2) is 47.6 Å². The number of amides is 1. The number of carbonyl (C=O) groups excluding carboxylic acids is 2. The molecular formula is C21H33N3O6S. The van der Waals surface area contributed by atoms with E-state index in [0.29, 0.717) is 22.8 Å². The van der Waals surface area contributed by atoms with E-state index in [9.17, 15) is 18.0 Å². The third-order valence-electron chi connectivity index (χ3n) is 3.65. The lowest BCUT2D eigenvalue weighted by Gasteiger charge is -2.26.